The Morgan fingerprint density at radius 1 is 1.15 bits per heavy atom. The Kier molecular flexibility index (Phi) is 4.35. The molecule has 0 aromatic heterocycles. The van der Waals surface area contributed by atoms with Crippen LogP contribution in [0.5, 0.6) is 5.75 Å². The van der Waals surface area contributed by atoms with Gasteiger partial charge in [0.2, 0.25) is 5.91 Å². The molecule has 0 radical (unpaired) electrons. The summed E-state index contributed by atoms with van der Waals surface area (Å²) < 4.78 is 5.05. The summed E-state index contributed by atoms with van der Waals surface area (Å²) in [4.78, 5) is 12.1. The zero-order valence-electron chi connectivity index (χ0n) is 11.0. The number of amides is 1. The van der Waals surface area contributed by atoms with Crippen LogP contribution in [0.2, 0.25) is 0 Å². The van der Waals surface area contributed by atoms with E-state index in [0.717, 1.165) is 0 Å². The van der Waals surface area contributed by atoms with Crippen LogP contribution in [0.4, 0.5) is 5.69 Å². The van der Waals surface area contributed by atoms with E-state index in [1.54, 1.807) is 55.6 Å². The van der Waals surface area contributed by atoms with E-state index in [2.05, 4.69) is 5.32 Å². The van der Waals surface area contributed by atoms with Gasteiger partial charge in [0.05, 0.1) is 13.2 Å². The van der Waals surface area contributed by atoms with Crippen LogP contribution in [0.1, 0.15) is 11.5 Å². The van der Waals surface area contributed by atoms with Crippen molar-refractivity contribution in [2.45, 2.75) is 5.92 Å². The molecule has 1 atom stereocenters. The average molecular weight is 266 g/mol. The number of carbonyl (C=O) groups excluding carboxylic acids is 1. The molecule has 0 saturated carbocycles. The standard InChI is InChI=1S/C16H14N2O2/c1-20-14-9-7-13(8-10-14)18-16(19)15(11-17)12-5-3-2-4-6-12/h2-10,15H,1H3,(H,18,19). The van der Waals surface area contributed by atoms with Crippen molar-refractivity contribution >= 4 is 11.6 Å². The van der Waals surface area contributed by atoms with Gasteiger partial charge in [-0.15, -0.1) is 0 Å². The SMILES string of the molecule is COc1ccc(NC(=O)C(C#N)c2ccccc2)cc1. The van der Waals surface area contributed by atoms with Crippen molar-refractivity contribution in [3.05, 3.63) is 60.2 Å². The third kappa shape index (κ3) is 3.15. The summed E-state index contributed by atoms with van der Waals surface area (Å²) in [6.45, 7) is 0. The fraction of sp³-hybridized carbons (Fsp3) is 0.125. The van der Waals surface area contributed by atoms with E-state index in [0.29, 0.717) is 17.0 Å². The largest absolute Gasteiger partial charge is 0.497 e. The third-order valence-electron chi connectivity index (χ3n) is 2.88. The monoisotopic (exact) mass is 266 g/mol. The van der Waals surface area contributed by atoms with Gasteiger partial charge in [0.1, 0.15) is 5.75 Å². The van der Waals surface area contributed by atoms with Gasteiger partial charge in [-0.05, 0) is 29.8 Å². The van der Waals surface area contributed by atoms with Crippen molar-refractivity contribution in [2.24, 2.45) is 0 Å². The minimum atomic E-state index is -0.821. The molecule has 1 N–H and O–H groups in total. The van der Waals surface area contributed by atoms with Crippen LogP contribution in [0, 0.1) is 11.3 Å². The highest BCUT2D eigenvalue weighted by Crippen LogP contribution is 2.19. The average Bonchev–Trinajstić information content (AvgIpc) is 2.50. The molecule has 0 aliphatic heterocycles. The molecule has 2 aromatic carbocycles. The quantitative estimate of drug-likeness (QED) is 0.925. The normalized spacial score (nSPS) is 11.2. The van der Waals surface area contributed by atoms with Crippen LogP contribution in [-0.2, 0) is 4.79 Å². The Morgan fingerprint density at radius 2 is 1.80 bits per heavy atom. The number of ether oxygens (including phenoxy) is 1. The Labute approximate surface area is 117 Å². The predicted octanol–water partition coefficient (Wildman–Crippen LogP) is 2.94. The topological polar surface area (TPSA) is 62.1 Å². The molecule has 2 aromatic rings. The second kappa shape index (κ2) is 6.39. The van der Waals surface area contributed by atoms with E-state index in [9.17, 15) is 10.1 Å². The van der Waals surface area contributed by atoms with Gasteiger partial charge in [0.25, 0.3) is 0 Å². The van der Waals surface area contributed by atoms with Gasteiger partial charge in [-0.2, -0.15) is 5.26 Å². The first-order valence-electron chi connectivity index (χ1n) is 6.14. The van der Waals surface area contributed by atoms with Gasteiger partial charge in [0.15, 0.2) is 5.92 Å². The summed E-state index contributed by atoms with van der Waals surface area (Å²) >= 11 is 0. The van der Waals surface area contributed by atoms with Gasteiger partial charge >= 0.3 is 0 Å². The Bertz CT molecular complexity index is 615. The number of nitrogens with zero attached hydrogens (tertiary/aromatic N) is 1. The van der Waals surface area contributed by atoms with E-state index in [4.69, 9.17) is 4.74 Å². The molecule has 100 valence electrons. The lowest BCUT2D eigenvalue weighted by Gasteiger charge is -2.10. The first-order chi connectivity index (χ1) is 9.74. The molecule has 20 heavy (non-hydrogen) atoms. The van der Waals surface area contributed by atoms with Gasteiger partial charge in [0, 0.05) is 5.69 Å². The number of anilines is 1. The molecule has 0 aliphatic carbocycles. The molecule has 4 heteroatoms. The molecule has 4 nitrogen and oxygen atoms in total. The number of rotatable bonds is 4. The van der Waals surface area contributed by atoms with Crippen LogP contribution in [-0.4, -0.2) is 13.0 Å². The molecule has 0 aliphatic rings. The first kappa shape index (κ1) is 13.6. The van der Waals surface area contributed by atoms with Crippen molar-refractivity contribution in [3.8, 4) is 11.8 Å². The fourth-order valence-electron chi connectivity index (χ4n) is 1.82. The number of hydrogen-bond donors (Lipinski definition) is 1. The summed E-state index contributed by atoms with van der Waals surface area (Å²) in [5, 5.41) is 11.9. The van der Waals surface area contributed by atoms with Crippen LogP contribution in [0.3, 0.4) is 0 Å². The van der Waals surface area contributed by atoms with Gasteiger partial charge in [-0.3, -0.25) is 4.79 Å². The zero-order chi connectivity index (χ0) is 14.4. The van der Waals surface area contributed by atoms with E-state index >= 15 is 0 Å². The second-order valence-corrected chi connectivity index (χ2v) is 4.19. The van der Waals surface area contributed by atoms with Gasteiger partial charge in [-0.1, -0.05) is 30.3 Å². The number of nitriles is 1. The lowest BCUT2D eigenvalue weighted by Crippen LogP contribution is -2.19. The summed E-state index contributed by atoms with van der Waals surface area (Å²) in [5.41, 5.74) is 1.31. The van der Waals surface area contributed by atoms with E-state index in [1.165, 1.54) is 0 Å². The molecule has 0 bridgehead atoms. The zero-order valence-corrected chi connectivity index (χ0v) is 11.0. The molecular formula is C16H14N2O2. The third-order valence-corrected chi connectivity index (χ3v) is 2.88. The highest BCUT2D eigenvalue weighted by Gasteiger charge is 2.19. The van der Waals surface area contributed by atoms with Gasteiger partial charge in [-0.25, -0.2) is 0 Å². The maximum Gasteiger partial charge on any atom is 0.246 e. The minimum Gasteiger partial charge on any atom is -0.497 e. The number of carbonyl (C=O) groups is 1. The molecule has 2 rings (SSSR count). The summed E-state index contributed by atoms with van der Waals surface area (Å²) in [7, 11) is 1.58. The van der Waals surface area contributed by atoms with Crippen molar-refractivity contribution in [2.75, 3.05) is 12.4 Å². The van der Waals surface area contributed by atoms with Crippen molar-refractivity contribution in [3.63, 3.8) is 0 Å². The van der Waals surface area contributed by atoms with E-state index in [-0.39, 0.29) is 5.91 Å². The molecule has 0 saturated heterocycles. The summed E-state index contributed by atoms with van der Waals surface area (Å²) in [5.74, 6) is -0.454. The highest BCUT2D eigenvalue weighted by atomic mass is 16.5. The molecule has 1 amide bonds. The van der Waals surface area contributed by atoms with E-state index < -0.39 is 5.92 Å². The lowest BCUT2D eigenvalue weighted by atomic mass is 10.00. The van der Waals surface area contributed by atoms with Gasteiger partial charge < -0.3 is 10.1 Å². The van der Waals surface area contributed by atoms with Crippen LogP contribution in [0.15, 0.2) is 54.6 Å². The Hall–Kier alpha value is -2.80. The second-order valence-electron chi connectivity index (χ2n) is 4.19. The number of benzene rings is 2. The number of hydrogen-bond acceptors (Lipinski definition) is 3. The smallest absolute Gasteiger partial charge is 0.246 e. The fourth-order valence-corrected chi connectivity index (χ4v) is 1.82. The van der Waals surface area contributed by atoms with Crippen LogP contribution in [0.25, 0.3) is 0 Å². The highest BCUT2D eigenvalue weighted by molar-refractivity contribution is 5.97. The maximum atomic E-state index is 12.1. The molecule has 0 spiro atoms. The Morgan fingerprint density at radius 3 is 2.35 bits per heavy atom. The molecule has 0 heterocycles. The van der Waals surface area contributed by atoms with Crippen molar-refractivity contribution in [1.82, 2.24) is 0 Å². The molecular weight excluding hydrogens is 252 g/mol. The maximum absolute atomic E-state index is 12.1. The van der Waals surface area contributed by atoms with Crippen molar-refractivity contribution in [1.29, 1.82) is 5.26 Å². The summed E-state index contributed by atoms with van der Waals surface area (Å²) in [6.07, 6.45) is 0. The number of methoxy groups -OCH3 is 1. The molecule has 1 unspecified atom stereocenters. The van der Waals surface area contributed by atoms with Crippen molar-refractivity contribution < 1.29 is 9.53 Å². The van der Waals surface area contributed by atoms with Crippen LogP contribution < -0.4 is 10.1 Å². The Balaban J connectivity index is 2.12. The first-order valence-corrected chi connectivity index (χ1v) is 6.14. The number of nitrogens with one attached hydrogen (secondary N) is 1. The molecule has 0 fully saturated rings. The minimum absolute atomic E-state index is 0.344. The summed E-state index contributed by atoms with van der Waals surface area (Å²) in [6, 6.07) is 18.0. The van der Waals surface area contributed by atoms with E-state index in [1.807, 2.05) is 12.1 Å². The predicted molar refractivity (Wildman–Crippen MR) is 76.4 cm³/mol. The lowest BCUT2D eigenvalue weighted by molar-refractivity contribution is -0.116. The van der Waals surface area contributed by atoms with Crippen LogP contribution >= 0.6 is 0 Å².